The van der Waals surface area contributed by atoms with Crippen LogP contribution in [0.1, 0.15) is 28.9 Å². The van der Waals surface area contributed by atoms with Gasteiger partial charge in [0.2, 0.25) is 0 Å². The van der Waals surface area contributed by atoms with E-state index in [2.05, 4.69) is 36.4 Å². The van der Waals surface area contributed by atoms with E-state index >= 15 is 0 Å². The number of hydrogen-bond donors (Lipinski definition) is 4. The molecule has 4 N–H and O–H groups in total. The van der Waals surface area contributed by atoms with E-state index in [1.165, 1.54) is 6.20 Å². The number of anilines is 3. The summed E-state index contributed by atoms with van der Waals surface area (Å²) in [6.45, 7) is 2.80. The Morgan fingerprint density at radius 1 is 1.30 bits per heavy atom. The lowest BCUT2D eigenvalue weighted by Crippen LogP contribution is -2.31. The molecule has 3 heterocycles. The van der Waals surface area contributed by atoms with Crippen LogP contribution in [0.4, 0.5) is 17.3 Å². The van der Waals surface area contributed by atoms with Gasteiger partial charge >= 0.3 is 0 Å². The monoisotopic (exact) mass is 366 g/mol. The molecule has 0 bridgehead atoms. The molecule has 9 heteroatoms. The minimum Gasteiger partial charge on any atom is -0.383 e. The Morgan fingerprint density at radius 3 is 2.78 bits per heavy atom. The molecule has 2 aromatic heterocycles. The van der Waals surface area contributed by atoms with Crippen molar-refractivity contribution in [3.05, 3.63) is 35.7 Å². The average molecular weight is 366 g/mol. The summed E-state index contributed by atoms with van der Waals surface area (Å²) in [4.78, 5) is 16.3. The second-order valence-electron chi connectivity index (χ2n) is 6.31. The van der Waals surface area contributed by atoms with Gasteiger partial charge in [-0.2, -0.15) is 5.26 Å². The maximum absolute atomic E-state index is 12.1. The summed E-state index contributed by atoms with van der Waals surface area (Å²) in [5, 5.41) is 29.3. The molecule has 2 aromatic rings. The molecule has 0 spiro atoms. The third-order valence-electron chi connectivity index (χ3n) is 4.42. The number of piperidine rings is 1. The molecule has 1 saturated heterocycles. The number of hydrogen-bond acceptors (Lipinski definition) is 8. The molecular formula is C18H22N8O. The zero-order chi connectivity index (χ0) is 19.1. The van der Waals surface area contributed by atoms with Crippen LogP contribution in [0.5, 0.6) is 0 Å². The summed E-state index contributed by atoms with van der Waals surface area (Å²) in [7, 11) is 1.56. The highest BCUT2D eigenvalue weighted by Gasteiger charge is 2.17. The third kappa shape index (κ3) is 4.89. The lowest BCUT2D eigenvalue weighted by atomic mass is 9.98. The van der Waals surface area contributed by atoms with E-state index in [1.54, 1.807) is 25.2 Å². The van der Waals surface area contributed by atoms with Gasteiger partial charge in [-0.1, -0.05) is 0 Å². The van der Waals surface area contributed by atoms with Crippen LogP contribution in [0.15, 0.2) is 24.4 Å². The molecule has 0 atom stereocenters. The molecule has 3 rings (SSSR count). The molecule has 0 aromatic carbocycles. The molecule has 1 fully saturated rings. The van der Waals surface area contributed by atoms with Crippen molar-refractivity contribution in [1.29, 1.82) is 5.26 Å². The molecule has 140 valence electrons. The average Bonchev–Trinajstić information content (AvgIpc) is 2.73. The van der Waals surface area contributed by atoms with Crippen LogP contribution in [0.25, 0.3) is 0 Å². The van der Waals surface area contributed by atoms with Crippen molar-refractivity contribution in [1.82, 2.24) is 25.8 Å². The third-order valence-corrected chi connectivity index (χ3v) is 4.42. The number of nitrogens with zero attached hydrogens (tertiary/aromatic N) is 4. The van der Waals surface area contributed by atoms with Gasteiger partial charge in [0.15, 0.2) is 11.5 Å². The van der Waals surface area contributed by atoms with Gasteiger partial charge < -0.3 is 21.3 Å². The summed E-state index contributed by atoms with van der Waals surface area (Å²) >= 11 is 0. The fraction of sp³-hybridized carbons (Fsp3) is 0.389. The first-order valence-corrected chi connectivity index (χ1v) is 8.87. The molecule has 1 aliphatic heterocycles. The first kappa shape index (κ1) is 18.5. The van der Waals surface area contributed by atoms with Gasteiger partial charge in [0.1, 0.15) is 11.9 Å². The lowest BCUT2D eigenvalue weighted by molar-refractivity contribution is 0.0958. The second-order valence-corrected chi connectivity index (χ2v) is 6.31. The van der Waals surface area contributed by atoms with Gasteiger partial charge in [-0.05, 0) is 44.0 Å². The SMILES string of the molecule is CNC(=O)c1nnc(Nc2ccc(C#N)cn2)cc1NCC1CCNCC1. The first-order valence-electron chi connectivity index (χ1n) is 8.87. The smallest absolute Gasteiger partial charge is 0.273 e. The minimum absolute atomic E-state index is 0.254. The number of nitrogens with one attached hydrogen (secondary N) is 4. The van der Waals surface area contributed by atoms with Crippen molar-refractivity contribution < 1.29 is 4.79 Å². The van der Waals surface area contributed by atoms with Crippen molar-refractivity contribution in [2.75, 3.05) is 37.3 Å². The van der Waals surface area contributed by atoms with Crippen LogP contribution in [0, 0.1) is 17.2 Å². The zero-order valence-corrected chi connectivity index (χ0v) is 15.1. The molecule has 9 nitrogen and oxygen atoms in total. The highest BCUT2D eigenvalue weighted by molar-refractivity contribution is 5.97. The highest BCUT2D eigenvalue weighted by atomic mass is 16.1. The van der Waals surface area contributed by atoms with Gasteiger partial charge in [-0.25, -0.2) is 4.98 Å². The van der Waals surface area contributed by atoms with Crippen molar-refractivity contribution in [3.63, 3.8) is 0 Å². The Balaban J connectivity index is 1.76. The van der Waals surface area contributed by atoms with Crippen LogP contribution >= 0.6 is 0 Å². The molecule has 1 amide bonds. The van der Waals surface area contributed by atoms with E-state index in [4.69, 9.17) is 5.26 Å². The normalized spacial score (nSPS) is 14.2. The quantitative estimate of drug-likeness (QED) is 0.602. The molecular weight excluding hydrogens is 344 g/mol. The predicted molar refractivity (Wildman–Crippen MR) is 102 cm³/mol. The maximum Gasteiger partial charge on any atom is 0.273 e. The number of nitriles is 1. The fourth-order valence-electron chi connectivity index (χ4n) is 2.88. The largest absolute Gasteiger partial charge is 0.383 e. The van der Waals surface area contributed by atoms with Crippen molar-refractivity contribution in [3.8, 4) is 6.07 Å². The molecule has 0 aliphatic carbocycles. The second kappa shape index (κ2) is 8.91. The van der Waals surface area contributed by atoms with Gasteiger partial charge in [-0.15, -0.1) is 10.2 Å². The Kier molecular flexibility index (Phi) is 6.12. The van der Waals surface area contributed by atoms with Crippen molar-refractivity contribution >= 4 is 23.2 Å². The highest BCUT2D eigenvalue weighted by Crippen LogP contribution is 2.21. The van der Waals surface area contributed by atoms with E-state index in [-0.39, 0.29) is 11.6 Å². The maximum atomic E-state index is 12.1. The molecule has 0 saturated carbocycles. The van der Waals surface area contributed by atoms with Crippen LogP contribution < -0.4 is 21.3 Å². The van der Waals surface area contributed by atoms with E-state index in [1.807, 2.05) is 6.07 Å². The summed E-state index contributed by atoms with van der Waals surface area (Å²) in [6, 6.07) is 7.13. The fourth-order valence-corrected chi connectivity index (χ4v) is 2.88. The van der Waals surface area contributed by atoms with Crippen LogP contribution in [-0.4, -0.2) is 47.8 Å². The minimum atomic E-state index is -0.293. The zero-order valence-electron chi connectivity index (χ0n) is 15.1. The molecule has 27 heavy (non-hydrogen) atoms. The molecule has 1 aliphatic rings. The Hall–Kier alpha value is -3.25. The number of carbonyl (C=O) groups excluding carboxylic acids is 1. The predicted octanol–water partition coefficient (Wildman–Crippen LogP) is 1.26. The standard InChI is InChI=1S/C18H22N8O/c1-20-18(27)17-14(22-10-12-4-6-21-7-5-12)8-16(25-26-17)24-15-3-2-13(9-19)11-23-15/h2-3,8,11-12,21H,4-7,10H2,1H3,(H,20,27)(H2,22,23,24,25). The van der Waals surface area contributed by atoms with Crippen LogP contribution in [0.3, 0.4) is 0 Å². The van der Waals surface area contributed by atoms with E-state index < -0.39 is 0 Å². The number of carbonyl (C=O) groups is 1. The molecule has 0 radical (unpaired) electrons. The van der Waals surface area contributed by atoms with Crippen molar-refractivity contribution in [2.45, 2.75) is 12.8 Å². The Bertz CT molecular complexity index is 824. The van der Waals surface area contributed by atoms with Gasteiger partial charge in [0, 0.05) is 25.9 Å². The number of aromatic nitrogens is 3. The van der Waals surface area contributed by atoms with Crippen LogP contribution in [-0.2, 0) is 0 Å². The summed E-state index contributed by atoms with van der Waals surface area (Å²) < 4.78 is 0. The van der Waals surface area contributed by atoms with Gasteiger partial charge in [0.05, 0.1) is 11.3 Å². The summed E-state index contributed by atoms with van der Waals surface area (Å²) in [5.74, 6) is 1.26. The van der Waals surface area contributed by atoms with Gasteiger partial charge in [-0.3, -0.25) is 4.79 Å². The van der Waals surface area contributed by atoms with Crippen molar-refractivity contribution in [2.24, 2.45) is 5.92 Å². The first-order chi connectivity index (χ1) is 13.2. The summed E-state index contributed by atoms with van der Waals surface area (Å²) in [6.07, 6.45) is 3.67. The van der Waals surface area contributed by atoms with E-state index in [9.17, 15) is 4.79 Å². The van der Waals surface area contributed by atoms with Gasteiger partial charge in [0.25, 0.3) is 5.91 Å². The number of amides is 1. The summed E-state index contributed by atoms with van der Waals surface area (Å²) in [5.41, 5.74) is 1.36. The Morgan fingerprint density at radius 2 is 2.11 bits per heavy atom. The topological polar surface area (TPSA) is 128 Å². The lowest BCUT2D eigenvalue weighted by Gasteiger charge is -2.23. The van der Waals surface area contributed by atoms with E-state index in [0.29, 0.717) is 28.8 Å². The number of rotatable bonds is 6. The number of pyridine rings is 1. The van der Waals surface area contributed by atoms with E-state index in [0.717, 1.165) is 32.5 Å². The van der Waals surface area contributed by atoms with Crippen LogP contribution in [0.2, 0.25) is 0 Å². The Labute approximate surface area is 157 Å². The molecule has 0 unspecified atom stereocenters.